The van der Waals surface area contributed by atoms with Gasteiger partial charge in [-0.15, -0.1) is 11.3 Å². The highest BCUT2D eigenvalue weighted by Crippen LogP contribution is 2.42. The van der Waals surface area contributed by atoms with Crippen LogP contribution in [0.1, 0.15) is 0 Å². The molecule has 6 heteroatoms. The Kier molecular flexibility index (Phi) is 6.60. The summed E-state index contributed by atoms with van der Waals surface area (Å²) in [6.45, 7) is 0. The lowest BCUT2D eigenvalue weighted by Gasteiger charge is -2.13. The minimum absolute atomic E-state index is 0.611. The summed E-state index contributed by atoms with van der Waals surface area (Å²) in [6.07, 6.45) is 0. The van der Waals surface area contributed by atoms with Gasteiger partial charge in [0.1, 0.15) is 16.2 Å². The number of hydrogen-bond donors (Lipinski definition) is 0. The highest BCUT2D eigenvalue weighted by atomic mass is 32.1. The molecule has 0 amide bonds. The molecule has 50 heavy (non-hydrogen) atoms. The van der Waals surface area contributed by atoms with Crippen molar-refractivity contribution < 1.29 is 4.42 Å². The van der Waals surface area contributed by atoms with E-state index in [4.69, 9.17) is 24.4 Å². The van der Waals surface area contributed by atoms with Gasteiger partial charge in [0.25, 0.3) is 0 Å². The molecule has 0 saturated heterocycles. The van der Waals surface area contributed by atoms with E-state index in [1.54, 1.807) is 11.3 Å². The van der Waals surface area contributed by atoms with Crippen LogP contribution in [0.15, 0.2) is 162 Å². The van der Waals surface area contributed by atoms with Gasteiger partial charge < -0.3 is 4.42 Å². The molecule has 0 unspecified atom stereocenters. The van der Waals surface area contributed by atoms with E-state index in [2.05, 4.69) is 91.0 Å². The first kappa shape index (κ1) is 28.5. The third kappa shape index (κ3) is 4.85. The Balaban J connectivity index is 1.17. The summed E-state index contributed by atoms with van der Waals surface area (Å²) in [5.41, 5.74) is 8.54. The molecule has 0 aliphatic rings. The van der Waals surface area contributed by atoms with E-state index in [1.807, 2.05) is 66.7 Å². The Morgan fingerprint density at radius 2 is 1.08 bits per heavy atom. The maximum atomic E-state index is 6.50. The smallest absolute Gasteiger partial charge is 0.164 e. The topological polar surface area (TPSA) is 64.7 Å². The summed E-state index contributed by atoms with van der Waals surface area (Å²) in [7, 11) is 0. The Labute approximate surface area is 291 Å². The second-order valence-corrected chi connectivity index (χ2v) is 13.3. The Bertz CT molecular complexity index is 2880. The molecule has 10 aromatic rings. The molecule has 0 fully saturated rings. The van der Waals surface area contributed by atoms with Crippen molar-refractivity contribution in [2.45, 2.75) is 0 Å². The van der Waals surface area contributed by atoms with Crippen molar-refractivity contribution >= 4 is 54.3 Å². The predicted octanol–water partition coefficient (Wildman–Crippen LogP) is 11.9. The summed E-state index contributed by atoms with van der Waals surface area (Å²) in [4.78, 5) is 20.2. The number of benzene rings is 7. The van der Waals surface area contributed by atoms with Crippen LogP contribution < -0.4 is 0 Å². The van der Waals surface area contributed by atoms with E-state index in [1.165, 1.54) is 5.39 Å². The molecule has 3 aromatic heterocycles. The van der Waals surface area contributed by atoms with E-state index in [-0.39, 0.29) is 0 Å². The third-order valence-electron chi connectivity index (χ3n) is 9.16. The zero-order chi connectivity index (χ0) is 33.0. The average molecular weight is 659 g/mol. The van der Waals surface area contributed by atoms with Crippen LogP contribution in [0.5, 0.6) is 0 Å². The van der Waals surface area contributed by atoms with Gasteiger partial charge in [-0.25, -0.2) is 19.9 Å². The molecule has 5 nitrogen and oxygen atoms in total. The SMILES string of the molecule is c1ccc(-c2nc(-c3ccc4ccccc4c3)nc(-c3ccccc3-c3cccc4oc5cc6nc(-c7ccccc7)sc6cc5c34)n2)cc1. The van der Waals surface area contributed by atoms with Gasteiger partial charge in [0.05, 0.1) is 10.2 Å². The first-order valence-electron chi connectivity index (χ1n) is 16.5. The second kappa shape index (κ2) is 11.6. The molecular weight excluding hydrogens is 633 g/mol. The molecule has 0 radical (unpaired) electrons. The second-order valence-electron chi connectivity index (χ2n) is 12.3. The lowest BCUT2D eigenvalue weighted by Crippen LogP contribution is -2.01. The van der Waals surface area contributed by atoms with Crippen LogP contribution in [0.4, 0.5) is 0 Å². The van der Waals surface area contributed by atoms with Gasteiger partial charge in [0, 0.05) is 39.1 Å². The van der Waals surface area contributed by atoms with Crippen molar-refractivity contribution in [2.75, 3.05) is 0 Å². The maximum Gasteiger partial charge on any atom is 0.164 e. The quantitative estimate of drug-likeness (QED) is 0.184. The van der Waals surface area contributed by atoms with Crippen molar-refractivity contribution in [1.82, 2.24) is 19.9 Å². The number of fused-ring (bicyclic) bond motifs is 5. The molecule has 0 spiro atoms. The van der Waals surface area contributed by atoms with Crippen LogP contribution >= 0.6 is 11.3 Å². The van der Waals surface area contributed by atoms with E-state index in [9.17, 15) is 0 Å². The number of hydrogen-bond acceptors (Lipinski definition) is 6. The van der Waals surface area contributed by atoms with Gasteiger partial charge >= 0.3 is 0 Å². The van der Waals surface area contributed by atoms with Gasteiger partial charge in [-0.2, -0.15) is 0 Å². The van der Waals surface area contributed by atoms with E-state index >= 15 is 0 Å². The molecule has 0 atom stereocenters. The van der Waals surface area contributed by atoms with Crippen LogP contribution in [0.25, 0.3) is 98.8 Å². The Morgan fingerprint density at radius 1 is 0.420 bits per heavy atom. The minimum Gasteiger partial charge on any atom is -0.456 e. The van der Waals surface area contributed by atoms with Crippen LogP contribution in [0.3, 0.4) is 0 Å². The normalized spacial score (nSPS) is 11.6. The van der Waals surface area contributed by atoms with Crippen LogP contribution in [-0.4, -0.2) is 19.9 Å². The number of nitrogens with zero attached hydrogens (tertiary/aromatic N) is 4. The van der Waals surface area contributed by atoms with Crippen molar-refractivity contribution in [1.29, 1.82) is 0 Å². The molecule has 7 aromatic carbocycles. The molecule has 0 aliphatic carbocycles. The molecular formula is C44H26N4OS. The fourth-order valence-electron chi connectivity index (χ4n) is 6.76. The van der Waals surface area contributed by atoms with E-state index in [0.29, 0.717) is 17.5 Å². The largest absolute Gasteiger partial charge is 0.456 e. The molecule has 10 rings (SSSR count). The predicted molar refractivity (Wildman–Crippen MR) is 205 cm³/mol. The zero-order valence-corrected chi connectivity index (χ0v) is 27.4. The maximum absolute atomic E-state index is 6.50. The summed E-state index contributed by atoms with van der Waals surface area (Å²) in [5.74, 6) is 1.87. The lowest BCUT2D eigenvalue weighted by molar-refractivity contribution is 0.669. The monoisotopic (exact) mass is 658 g/mol. The summed E-state index contributed by atoms with van der Waals surface area (Å²) >= 11 is 1.70. The fourth-order valence-corrected chi connectivity index (χ4v) is 7.75. The average Bonchev–Trinajstić information content (AvgIpc) is 3.78. The van der Waals surface area contributed by atoms with Crippen molar-refractivity contribution in [3.8, 4) is 55.9 Å². The molecule has 0 aliphatic heterocycles. The molecule has 3 heterocycles. The van der Waals surface area contributed by atoms with E-state index in [0.717, 1.165) is 75.9 Å². The summed E-state index contributed by atoms with van der Waals surface area (Å²) in [5, 5.41) is 5.41. The van der Waals surface area contributed by atoms with Crippen molar-refractivity contribution in [3.05, 3.63) is 158 Å². The van der Waals surface area contributed by atoms with Gasteiger partial charge in [0.15, 0.2) is 17.5 Å². The zero-order valence-electron chi connectivity index (χ0n) is 26.6. The first-order chi connectivity index (χ1) is 24.7. The Morgan fingerprint density at radius 3 is 1.90 bits per heavy atom. The van der Waals surface area contributed by atoms with E-state index < -0.39 is 0 Å². The van der Waals surface area contributed by atoms with Crippen molar-refractivity contribution in [3.63, 3.8) is 0 Å². The first-order valence-corrected chi connectivity index (χ1v) is 17.3. The molecule has 234 valence electrons. The minimum atomic E-state index is 0.611. The summed E-state index contributed by atoms with van der Waals surface area (Å²) in [6, 6.07) is 54.0. The van der Waals surface area contributed by atoms with Gasteiger partial charge in [0.2, 0.25) is 0 Å². The molecule has 0 bridgehead atoms. The molecule has 0 N–H and O–H groups in total. The number of thiazole rings is 1. The van der Waals surface area contributed by atoms with Gasteiger partial charge in [-0.05, 0) is 40.1 Å². The Hall–Kier alpha value is -6.50. The molecule has 0 saturated carbocycles. The lowest BCUT2D eigenvalue weighted by atomic mass is 9.95. The van der Waals surface area contributed by atoms with Crippen LogP contribution in [0, 0.1) is 0 Å². The standard InChI is InChI=1S/C44H26N4OS/c1-3-13-28(14-4-1)41-46-42(31-23-22-27-12-7-8-17-30(27)24-31)48-43(47-41)34-19-10-9-18-32(34)33-20-11-21-37-40(33)35-25-39-36(26-38(35)49-37)45-44(50-39)29-15-5-2-6-16-29/h1-26H. The van der Waals surface area contributed by atoms with Gasteiger partial charge in [-0.1, -0.05) is 133 Å². The number of aromatic nitrogens is 4. The van der Waals surface area contributed by atoms with Gasteiger partial charge in [-0.3, -0.25) is 0 Å². The highest BCUT2D eigenvalue weighted by molar-refractivity contribution is 7.21. The fraction of sp³-hybridized carbons (Fsp3) is 0. The van der Waals surface area contributed by atoms with Crippen LogP contribution in [-0.2, 0) is 0 Å². The number of rotatable bonds is 5. The van der Waals surface area contributed by atoms with Crippen molar-refractivity contribution in [2.24, 2.45) is 0 Å². The third-order valence-corrected chi connectivity index (χ3v) is 10.2. The van der Waals surface area contributed by atoms with Crippen LogP contribution in [0.2, 0.25) is 0 Å². The summed E-state index contributed by atoms with van der Waals surface area (Å²) < 4.78 is 7.61. The number of furan rings is 1. The highest BCUT2D eigenvalue weighted by Gasteiger charge is 2.20.